The van der Waals surface area contributed by atoms with E-state index < -0.39 is 0 Å². The standard InChI is InChI=1S/C10H17N3S3/c1-14-9-12-13-10(16-9)15-8-6-4-2-3-5-7(8)11/h7-8H,2-6,11H2,1H3. The third-order valence-electron chi connectivity index (χ3n) is 2.82. The number of nitrogens with two attached hydrogens (primary N) is 1. The Morgan fingerprint density at radius 2 is 1.94 bits per heavy atom. The van der Waals surface area contributed by atoms with Crippen LogP contribution in [0, 0.1) is 0 Å². The van der Waals surface area contributed by atoms with Gasteiger partial charge in [0.1, 0.15) is 0 Å². The highest BCUT2D eigenvalue weighted by Crippen LogP contribution is 2.35. The molecule has 90 valence electrons. The van der Waals surface area contributed by atoms with E-state index in [0.717, 1.165) is 15.1 Å². The Labute approximate surface area is 109 Å². The van der Waals surface area contributed by atoms with Gasteiger partial charge in [-0.15, -0.1) is 10.2 Å². The first-order valence-corrected chi connectivity index (χ1v) is 8.51. The molecule has 1 fully saturated rings. The Morgan fingerprint density at radius 1 is 1.19 bits per heavy atom. The maximum absolute atomic E-state index is 6.20. The lowest BCUT2D eigenvalue weighted by Crippen LogP contribution is -2.31. The maximum atomic E-state index is 6.20. The predicted molar refractivity (Wildman–Crippen MR) is 72.4 cm³/mol. The molecule has 16 heavy (non-hydrogen) atoms. The van der Waals surface area contributed by atoms with Crippen molar-refractivity contribution in [1.82, 2.24) is 10.2 Å². The summed E-state index contributed by atoms with van der Waals surface area (Å²) in [4.78, 5) is 0. The zero-order valence-corrected chi connectivity index (χ0v) is 11.8. The van der Waals surface area contributed by atoms with Crippen LogP contribution in [0.25, 0.3) is 0 Å². The number of nitrogens with zero attached hydrogens (tertiary/aromatic N) is 2. The summed E-state index contributed by atoms with van der Waals surface area (Å²) >= 11 is 5.17. The molecular weight excluding hydrogens is 258 g/mol. The number of thioether (sulfide) groups is 2. The van der Waals surface area contributed by atoms with E-state index in [2.05, 4.69) is 10.2 Å². The van der Waals surface area contributed by atoms with Crippen LogP contribution in [0.1, 0.15) is 32.1 Å². The Bertz CT molecular complexity index is 329. The Kier molecular flexibility index (Phi) is 4.94. The largest absolute Gasteiger partial charge is 0.327 e. The summed E-state index contributed by atoms with van der Waals surface area (Å²) in [6.07, 6.45) is 8.33. The zero-order chi connectivity index (χ0) is 11.4. The molecule has 0 bridgehead atoms. The maximum Gasteiger partial charge on any atom is 0.175 e. The molecule has 0 aromatic carbocycles. The van der Waals surface area contributed by atoms with Crippen molar-refractivity contribution in [2.24, 2.45) is 5.73 Å². The van der Waals surface area contributed by atoms with Gasteiger partial charge in [0.15, 0.2) is 8.68 Å². The number of aromatic nitrogens is 2. The molecule has 2 rings (SSSR count). The first-order valence-electron chi connectivity index (χ1n) is 5.59. The molecule has 1 aliphatic carbocycles. The Morgan fingerprint density at radius 3 is 2.69 bits per heavy atom. The summed E-state index contributed by atoms with van der Waals surface area (Å²) in [5.74, 6) is 0. The molecule has 1 aliphatic rings. The minimum atomic E-state index is 0.328. The number of hydrogen-bond donors (Lipinski definition) is 1. The summed E-state index contributed by atoms with van der Waals surface area (Å²) < 4.78 is 2.12. The van der Waals surface area contributed by atoms with Gasteiger partial charge in [-0.1, -0.05) is 54.1 Å². The quantitative estimate of drug-likeness (QED) is 0.679. The van der Waals surface area contributed by atoms with Crippen LogP contribution < -0.4 is 5.73 Å². The van der Waals surface area contributed by atoms with Crippen LogP contribution in [-0.2, 0) is 0 Å². The second-order valence-electron chi connectivity index (χ2n) is 4.00. The summed E-state index contributed by atoms with van der Waals surface area (Å²) in [5, 5.41) is 8.85. The molecular formula is C10H17N3S3. The topological polar surface area (TPSA) is 51.8 Å². The fourth-order valence-electron chi connectivity index (χ4n) is 1.91. The van der Waals surface area contributed by atoms with E-state index in [0.29, 0.717) is 11.3 Å². The second kappa shape index (κ2) is 6.23. The van der Waals surface area contributed by atoms with Gasteiger partial charge in [-0.3, -0.25) is 0 Å². The first kappa shape index (κ1) is 12.7. The van der Waals surface area contributed by atoms with Crippen molar-refractivity contribution in [3.63, 3.8) is 0 Å². The van der Waals surface area contributed by atoms with Crippen LogP contribution in [0.3, 0.4) is 0 Å². The smallest absolute Gasteiger partial charge is 0.175 e. The Balaban J connectivity index is 1.96. The van der Waals surface area contributed by atoms with Crippen molar-refractivity contribution >= 4 is 34.9 Å². The van der Waals surface area contributed by atoms with Crippen LogP contribution in [0.5, 0.6) is 0 Å². The van der Waals surface area contributed by atoms with Crippen LogP contribution in [0.4, 0.5) is 0 Å². The summed E-state index contributed by atoms with van der Waals surface area (Å²) in [7, 11) is 0. The van der Waals surface area contributed by atoms with Gasteiger partial charge in [0, 0.05) is 11.3 Å². The molecule has 1 saturated carbocycles. The molecule has 6 heteroatoms. The van der Waals surface area contributed by atoms with Crippen LogP contribution in [0.15, 0.2) is 8.68 Å². The van der Waals surface area contributed by atoms with Crippen LogP contribution in [0.2, 0.25) is 0 Å². The summed E-state index contributed by atoms with van der Waals surface area (Å²) in [6.45, 7) is 0. The van der Waals surface area contributed by atoms with Gasteiger partial charge in [0.2, 0.25) is 0 Å². The fraction of sp³-hybridized carbons (Fsp3) is 0.800. The minimum Gasteiger partial charge on any atom is -0.327 e. The molecule has 0 aliphatic heterocycles. The number of rotatable bonds is 3. The van der Waals surface area contributed by atoms with Gasteiger partial charge in [-0.2, -0.15) is 0 Å². The molecule has 1 aromatic heterocycles. The Hall–Kier alpha value is 0.220. The minimum absolute atomic E-state index is 0.328. The van der Waals surface area contributed by atoms with Gasteiger partial charge in [0.05, 0.1) is 0 Å². The summed E-state index contributed by atoms with van der Waals surface area (Å²) in [5.41, 5.74) is 6.20. The first-order chi connectivity index (χ1) is 7.79. The molecule has 0 radical (unpaired) electrons. The third kappa shape index (κ3) is 3.35. The van der Waals surface area contributed by atoms with E-state index in [1.807, 2.05) is 18.0 Å². The van der Waals surface area contributed by atoms with Crippen molar-refractivity contribution in [1.29, 1.82) is 0 Å². The lowest BCUT2D eigenvalue weighted by Gasteiger charge is -2.18. The SMILES string of the molecule is CSc1nnc(SC2CCCCCC2N)s1. The van der Waals surface area contributed by atoms with Gasteiger partial charge < -0.3 is 5.73 Å². The molecule has 3 nitrogen and oxygen atoms in total. The zero-order valence-electron chi connectivity index (χ0n) is 9.39. The highest BCUT2D eigenvalue weighted by molar-refractivity contribution is 8.03. The van der Waals surface area contributed by atoms with E-state index in [-0.39, 0.29) is 0 Å². The monoisotopic (exact) mass is 275 g/mol. The number of hydrogen-bond acceptors (Lipinski definition) is 6. The molecule has 0 amide bonds. The summed E-state index contributed by atoms with van der Waals surface area (Å²) in [6, 6.07) is 0.328. The van der Waals surface area contributed by atoms with Gasteiger partial charge in [-0.05, 0) is 19.1 Å². The van der Waals surface area contributed by atoms with E-state index in [4.69, 9.17) is 5.73 Å². The van der Waals surface area contributed by atoms with Crippen molar-refractivity contribution in [3.05, 3.63) is 0 Å². The van der Waals surface area contributed by atoms with Gasteiger partial charge in [0.25, 0.3) is 0 Å². The molecule has 2 atom stereocenters. The van der Waals surface area contributed by atoms with Crippen molar-refractivity contribution in [2.45, 2.75) is 52.1 Å². The van der Waals surface area contributed by atoms with Crippen molar-refractivity contribution in [3.8, 4) is 0 Å². The van der Waals surface area contributed by atoms with Crippen LogP contribution in [-0.4, -0.2) is 27.7 Å². The van der Waals surface area contributed by atoms with Gasteiger partial charge >= 0.3 is 0 Å². The van der Waals surface area contributed by atoms with E-state index in [1.54, 1.807) is 23.1 Å². The average Bonchev–Trinajstić information content (AvgIpc) is 2.65. The lowest BCUT2D eigenvalue weighted by atomic mass is 10.1. The molecule has 2 unspecified atom stereocenters. The van der Waals surface area contributed by atoms with E-state index in [9.17, 15) is 0 Å². The highest BCUT2D eigenvalue weighted by Gasteiger charge is 2.22. The molecule has 0 spiro atoms. The fourth-order valence-corrected chi connectivity index (χ4v) is 4.81. The lowest BCUT2D eigenvalue weighted by molar-refractivity contribution is 0.596. The predicted octanol–water partition coefficient (Wildman–Crippen LogP) is 3.01. The molecule has 1 heterocycles. The second-order valence-corrected chi connectivity index (χ2v) is 7.51. The van der Waals surface area contributed by atoms with Crippen molar-refractivity contribution in [2.75, 3.05) is 6.26 Å². The average molecular weight is 275 g/mol. The normalized spacial score (nSPS) is 26.6. The molecule has 1 aromatic rings. The third-order valence-corrected chi connectivity index (χ3v) is 6.22. The van der Waals surface area contributed by atoms with Gasteiger partial charge in [-0.25, -0.2) is 0 Å². The molecule has 0 saturated heterocycles. The van der Waals surface area contributed by atoms with Crippen molar-refractivity contribution < 1.29 is 0 Å². The van der Waals surface area contributed by atoms with E-state index >= 15 is 0 Å². The highest BCUT2D eigenvalue weighted by atomic mass is 32.2. The van der Waals surface area contributed by atoms with Crippen LogP contribution >= 0.6 is 34.9 Å². The molecule has 2 N–H and O–H groups in total. The van der Waals surface area contributed by atoms with E-state index in [1.165, 1.54) is 25.7 Å².